The van der Waals surface area contributed by atoms with Crippen LogP contribution in [0.5, 0.6) is 0 Å². The van der Waals surface area contributed by atoms with Gasteiger partial charge in [0.25, 0.3) is 5.56 Å². The molecule has 2 aromatic rings. The molecule has 6 heteroatoms. The van der Waals surface area contributed by atoms with Crippen molar-refractivity contribution in [3.63, 3.8) is 0 Å². The molecule has 1 aromatic heterocycles. The highest BCUT2D eigenvalue weighted by atomic mass is 16.2. The molecule has 2 N–H and O–H groups in total. The third-order valence-corrected chi connectivity index (χ3v) is 3.34. The number of para-hydroxylation sites is 1. The number of fused-ring (bicyclic) bond motifs is 1. The van der Waals surface area contributed by atoms with Crippen LogP contribution in [0, 0.1) is 0 Å². The van der Waals surface area contributed by atoms with Crippen LogP contribution in [0.3, 0.4) is 0 Å². The summed E-state index contributed by atoms with van der Waals surface area (Å²) >= 11 is 0. The van der Waals surface area contributed by atoms with Crippen molar-refractivity contribution in [1.29, 1.82) is 0 Å². The molecule has 6 nitrogen and oxygen atoms in total. The lowest BCUT2D eigenvalue weighted by Crippen LogP contribution is -2.39. The number of aromatic amines is 1. The summed E-state index contributed by atoms with van der Waals surface area (Å²) in [6, 6.07) is 6.80. The second-order valence-corrected chi connectivity index (χ2v) is 5.12. The largest absolute Gasteiger partial charge is 0.352 e. The first-order valence-corrected chi connectivity index (χ1v) is 7.04. The predicted octanol–water partition coefficient (Wildman–Crippen LogP) is 0.995. The number of benzene rings is 1. The quantitative estimate of drug-likeness (QED) is 0.861. The van der Waals surface area contributed by atoms with Crippen molar-refractivity contribution in [3.8, 4) is 0 Å². The van der Waals surface area contributed by atoms with E-state index in [9.17, 15) is 14.4 Å². The van der Waals surface area contributed by atoms with E-state index in [0.717, 1.165) is 12.8 Å². The monoisotopic (exact) mass is 289 g/mol. The molecule has 0 fully saturated rings. The van der Waals surface area contributed by atoms with Crippen molar-refractivity contribution < 1.29 is 4.79 Å². The number of nitrogens with zero attached hydrogens (tertiary/aromatic N) is 1. The lowest BCUT2D eigenvalue weighted by Gasteiger charge is -2.14. The van der Waals surface area contributed by atoms with Crippen molar-refractivity contribution >= 4 is 16.8 Å². The van der Waals surface area contributed by atoms with Crippen molar-refractivity contribution in [2.75, 3.05) is 0 Å². The van der Waals surface area contributed by atoms with Gasteiger partial charge in [-0.1, -0.05) is 25.5 Å². The average molecular weight is 289 g/mol. The number of carbonyl (C=O) groups is 1. The van der Waals surface area contributed by atoms with E-state index in [1.54, 1.807) is 24.3 Å². The lowest BCUT2D eigenvalue weighted by molar-refractivity contribution is -0.122. The summed E-state index contributed by atoms with van der Waals surface area (Å²) in [5.74, 6) is -0.241. The van der Waals surface area contributed by atoms with E-state index in [1.165, 1.54) is 4.57 Å². The zero-order valence-corrected chi connectivity index (χ0v) is 12.2. The van der Waals surface area contributed by atoms with Gasteiger partial charge in [-0.2, -0.15) is 0 Å². The molecular weight excluding hydrogens is 270 g/mol. The molecule has 1 atom stereocenters. The second kappa shape index (κ2) is 6.39. The van der Waals surface area contributed by atoms with Gasteiger partial charge in [0.15, 0.2) is 0 Å². The summed E-state index contributed by atoms with van der Waals surface area (Å²) in [7, 11) is 0. The Morgan fingerprint density at radius 2 is 2.05 bits per heavy atom. The molecule has 0 aliphatic carbocycles. The molecule has 2 rings (SSSR count). The normalized spacial score (nSPS) is 12.3. The Hall–Kier alpha value is -2.37. The van der Waals surface area contributed by atoms with Crippen molar-refractivity contribution in [3.05, 3.63) is 45.1 Å². The maximum Gasteiger partial charge on any atom is 0.329 e. The SMILES string of the molecule is CCCC(C)NC(=O)Cn1c(=O)[nH]c(=O)c2ccccc21. The van der Waals surface area contributed by atoms with Gasteiger partial charge in [0, 0.05) is 6.04 Å². The van der Waals surface area contributed by atoms with Gasteiger partial charge in [0.1, 0.15) is 6.54 Å². The summed E-state index contributed by atoms with van der Waals surface area (Å²) in [5.41, 5.74) is -0.548. The van der Waals surface area contributed by atoms with Gasteiger partial charge in [-0.3, -0.25) is 19.1 Å². The molecule has 0 aliphatic heterocycles. The number of amides is 1. The van der Waals surface area contributed by atoms with Gasteiger partial charge in [-0.05, 0) is 25.5 Å². The van der Waals surface area contributed by atoms with Gasteiger partial charge in [-0.15, -0.1) is 0 Å². The molecule has 21 heavy (non-hydrogen) atoms. The predicted molar refractivity (Wildman–Crippen MR) is 81.3 cm³/mol. The van der Waals surface area contributed by atoms with Crippen LogP contribution in [-0.2, 0) is 11.3 Å². The molecule has 112 valence electrons. The van der Waals surface area contributed by atoms with E-state index in [0.29, 0.717) is 10.9 Å². The number of hydrogen-bond donors (Lipinski definition) is 2. The van der Waals surface area contributed by atoms with Crippen molar-refractivity contribution in [1.82, 2.24) is 14.9 Å². The van der Waals surface area contributed by atoms with E-state index >= 15 is 0 Å². The minimum absolute atomic E-state index is 0.0622. The van der Waals surface area contributed by atoms with E-state index in [-0.39, 0.29) is 18.5 Å². The van der Waals surface area contributed by atoms with Gasteiger partial charge in [0.05, 0.1) is 10.9 Å². The first-order valence-electron chi connectivity index (χ1n) is 7.04. The Kier molecular flexibility index (Phi) is 4.57. The third-order valence-electron chi connectivity index (χ3n) is 3.34. The molecule has 0 bridgehead atoms. The molecular formula is C15H19N3O3. The van der Waals surface area contributed by atoms with Crippen LogP contribution in [-0.4, -0.2) is 21.5 Å². The highest BCUT2D eigenvalue weighted by Gasteiger charge is 2.12. The number of H-pyrrole nitrogens is 1. The average Bonchev–Trinajstić information content (AvgIpc) is 2.43. The summed E-state index contributed by atoms with van der Waals surface area (Å²) in [6.07, 6.45) is 1.86. The zero-order chi connectivity index (χ0) is 15.4. The fraction of sp³-hybridized carbons (Fsp3) is 0.400. The van der Waals surface area contributed by atoms with E-state index in [2.05, 4.69) is 10.3 Å². The molecule has 0 saturated heterocycles. The standard InChI is InChI=1S/C15H19N3O3/c1-3-6-10(2)16-13(19)9-18-12-8-5-4-7-11(12)14(20)17-15(18)21/h4-5,7-8,10H,3,6,9H2,1-2H3,(H,16,19)(H,17,20,21). The van der Waals surface area contributed by atoms with Crippen LogP contribution in [0.15, 0.2) is 33.9 Å². The summed E-state index contributed by atoms with van der Waals surface area (Å²) < 4.78 is 1.28. The molecule has 1 aromatic carbocycles. The Morgan fingerprint density at radius 3 is 2.76 bits per heavy atom. The van der Waals surface area contributed by atoms with Crippen LogP contribution in [0.2, 0.25) is 0 Å². The van der Waals surface area contributed by atoms with Crippen LogP contribution in [0.4, 0.5) is 0 Å². The number of carbonyl (C=O) groups excluding carboxylic acids is 1. The molecule has 0 spiro atoms. The first-order chi connectivity index (χ1) is 10.0. The molecule has 1 unspecified atom stereocenters. The minimum atomic E-state index is -0.572. The molecule has 0 aliphatic rings. The Labute approximate surface area is 121 Å². The minimum Gasteiger partial charge on any atom is -0.352 e. The van der Waals surface area contributed by atoms with Gasteiger partial charge >= 0.3 is 5.69 Å². The van der Waals surface area contributed by atoms with Crippen LogP contribution in [0.1, 0.15) is 26.7 Å². The smallest absolute Gasteiger partial charge is 0.329 e. The van der Waals surface area contributed by atoms with Crippen molar-refractivity contribution in [2.45, 2.75) is 39.3 Å². The first kappa shape index (κ1) is 15.0. The number of hydrogen-bond acceptors (Lipinski definition) is 3. The highest BCUT2D eigenvalue weighted by Crippen LogP contribution is 2.06. The topological polar surface area (TPSA) is 84.0 Å². The molecule has 0 saturated carbocycles. The van der Waals surface area contributed by atoms with Crippen LogP contribution < -0.4 is 16.6 Å². The number of rotatable bonds is 5. The van der Waals surface area contributed by atoms with Crippen LogP contribution in [0.25, 0.3) is 10.9 Å². The highest BCUT2D eigenvalue weighted by molar-refractivity contribution is 5.81. The van der Waals surface area contributed by atoms with E-state index in [4.69, 9.17) is 0 Å². The maximum atomic E-state index is 12.0. The number of nitrogens with one attached hydrogen (secondary N) is 2. The van der Waals surface area contributed by atoms with Gasteiger partial charge in [0.2, 0.25) is 5.91 Å². The molecule has 1 heterocycles. The fourth-order valence-corrected chi connectivity index (χ4v) is 2.37. The van der Waals surface area contributed by atoms with Crippen molar-refractivity contribution in [2.24, 2.45) is 0 Å². The summed E-state index contributed by atoms with van der Waals surface area (Å²) in [5, 5.41) is 3.24. The molecule has 0 radical (unpaired) electrons. The van der Waals surface area contributed by atoms with Gasteiger partial charge < -0.3 is 5.32 Å². The number of aromatic nitrogens is 2. The zero-order valence-electron chi connectivity index (χ0n) is 12.2. The lowest BCUT2D eigenvalue weighted by atomic mass is 10.2. The fourth-order valence-electron chi connectivity index (χ4n) is 2.37. The Balaban J connectivity index is 2.33. The summed E-state index contributed by atoms with van der Waals surface area (Å²) in [6.45, 7) is 3.86. The summed E-state index contributed by atoms with van der Waals surface area (Å²) in [4.78, 5) is 37.9. The van der Waals surface area contributed by atoms with Gasteiger partial charge in [-0.25, -0.2) is 4.79 Å². The third kappa shape index (κ3) is 3.39. The van der Waals surface area contributed by atoms with E-state index in [1.807, 2.05) is 13.8 Å². The maximum absolute atomic E-state index is 12.0. The Bertz CT molecular complexity index is 761. The Morgan fingerprint density at radius 1 is 1.33 bits per heavy atom. The van der Waals surface area contributed by atoms with E-state index < -0.39 is 11.2 Å². The van der Waals surface area contributed by atoms with Crippen LogP contribution >= 0.6 is 0 Å². The second-order valence-electron chi connectivity index (χ2n) is 5.12. The molecule has 1 amide bonds.